The Morgan fingerprint density at radius 2 is 2.05 bits per heavy atom. The SMILES string of the molecule is CC(C)(C)C1(C2C=CC3=C(C2)OCCO3)CNCN1. The van der Waals surface area contributed by atoms with Crippen LogP contribution in [0.4, 0.5) is 0 Å². The summed E-state index contributed by atoms with van der Waals surface area (Å²) in [5.74, 6) is 2.39. The van der Waals surface area contributed by atoms with Crippen molar-refractivity contribution in [3.8, 4) is 0 Å². The average Bonchev–Trinajstić information content (AvgIpc) is 2.88. The van der Waals surface area contributed by atoms with Gasteiger partial charge in [-0.1, -0.05) is 26.8 Å². The first-order valence-electron chi connectivity index (χ1n) is 7.16. The van der Waals surface area contributed by atoms with E-state index in [4.69, 9.17) is 9.47 Å². The lowest BCUT2D eigenvalue weighted by Gasteiger charge is -2.47. The zero-order valence-electron chi connectivity index (χ0n) is 12.1. The Morgan fingerprint density at radius 1 is 1.26 bits per heavy atom. The van der Waals surface area contributed by atoms with Crippen molar-refractivity contribution < 1.29 is 9.47 Å². The van der Waals surface area contributed by atoms with Gasteiger partial charge in [0, 0.05) is 31.1 Å². The maximum atomic E-state index is 5.78. The second kappa shape index (κ2) is 4.53. The van der Waals surface area contributed by atoms with E-state index in [1.165, 1.54) is 0 Å². The molecule has 2 atom stereocenters. The molecular formula is C15H24N2O2. The number of hydrogen-bond donors (Lipinski definition) is 2. The quantitative estimate of drug-likeness (QED) is 0.757. The third-order valence-electron chi connectivity index (χ3n) is 4.68. The molecule has 3 aliphatic rings. The van der Waals surface area contributed by atoms with Crippen LogP contribution in [0.3, 0.4) is 0 Å². The van der Waals surface area contributed by atoms with Gasteiger partial charge < -0.3 is 14.8 Å². The Hall–Kier alpha value is -1.00. The lowest BCUT2D eigenvalue weighted by Crippen LogP contribution is -2.58. The van der Waals surface area contributed by atoms with E-state index in [9.17, 15) is 0 Å². The molecule has 2 N–H and O–H groups in total. The van der Waals surface area contributed by atoms with E-state index in [-0.39, 0.29) is 11.0 Å². The molecule has 19 heavy (non-hydrogen) atoms. The third-order valence-corrected chi connectivity index (χ3v) is 4.68. The van der Waals surface area contributed by atoms with Crippen LogP contribution in [0.25, 0.3) is 0 Å². The minimum atomic E-state index is 0.0723. The predicted octanol–water partition coefficient (Wildman–Crippen LogP) is 1.76. The van der Waals surface area contributed by atoms with Crippen LogP contribution in [0, 0.1) is 11.3 Å². The summed E-state index contributed by atoms with van der Waals surface area (Å²) in [6, 6.07) is 0. The molecule has 0 saturated carbocycles. The van der Waals surface area contributed by atoms with Gasteiger partial charge in [-0.2, -0.15) is 0 Å². The van der Waals surface area contributed by atoms with Gasteiger partial charge in [-0.15, -0.1) is 0 Å². The van der Waals surface area contributed by atoms with Gasteiger partial charge >= 0.3 is 0 Å². The molecule has 0 radical (unpaired) electrons. The van der Waals surface area contributed by atoms with Crippen molar-refractivity contribution in [2.75, 3.05) is 26.4 Å². The summed E-state index contributed by atoms with van der Waals surface area (Å²) in [5, 5.41) is 7.15. The van der Waals surface area contributed by atoms with Crippen molar-refractivity contribution in [1.29, 1.82) is 0 Å². The number of hydrogen-bond acceptors (Lipinski definition) is 4. The highest BCUT2D eigenvalue weighted by molar-refractivity contribution is 5.28. The first-order chi connectivity index (χ1) is 9.03. The summed E-state index contributed by atoms with van der Waals surface area (Å²) in [5.41, 5.74) is 0.252. The van der Waals surface area contributed by atoms with Crippen molar-refractivity contribution in [1.82, 2.24) is 10.6 Å². The molecule has 4 heteroatoms. The Labute approximate surface area is 115 Å². The summed E-state index contributed by atoms with van der Waals surface area (Å²) in [6.07, 6.45) is 5.31. The monoisotopic (exact) mass is 264 g/mol. The van der Waals surface area contributed by atoms with Crippen LogP contribution in [-0.4, -0.2) is 32.0 Å². The van der Waals surface area contributed by atoms with Crippen molar-refractivity contribution in [2.45, 2.75) is 32.7 Å². The van der Waals surface area contributed by atoms with E-state index >= 15 is 0 Å². The van der Waals surface area contributed by atoms with Gasteiger partial charge in [-0.25, -0.2) is 0 Å². The minimum Gasteiger partial charge on any atom is -0.490 e. The van der Waals surface area contributed by atoms with E-state index in [2.05, 4.69) is 43.6 Å². The standard InChI is InChI=1S/C15H24N2O2/c1-14(2,3)15(9-16-10-17-15)11-4-5-12-13(8-11)19-7-6-18-12/h4-5,11,16-17H,6-10H2,1-3H3. The van der Waals surface area contributed by atoms with Crippen molar-refractivity contribution in [2.24, 2.45) is 11.3 Å². The number of rotatable bonds is 1. The molecule has 0 spiro atoms. The molecule has 1 fully saturated rings. The molecule has 1 saturated heterocycles. The zero-order valence-corrected chi connectivity index (χ0v) is 12.1. The van der Waals surface area contributed by atoms with Gasteiger partial charge in [-0.05, 0) is 11.5 Å². The molecule has 2 aliphatic heterocycles. The number of nitrogens with one attached hydrogen (secondary N) is 2. The highest BCUT2D eigenvalue weighted by atomic mass is 16.6. The highest BCUT2D eigenvalue weighted by Crippen LogP contribution is 2.43. The Balaban J connectivity index is 1.87. The Kier molecular flexibility index (Phi) is 3.10. The summed E-state index contributed by atoms with van der Waals surface area (Å²) >= 11 is 0. The van der Waals surface area contributed by atoms with E-state index in [1.807, 2.05) is 0 Å². The van der Waals surface area contributed by atoms with Gasteiger partial charge in [0.15, 0.2) is 5.76 Å². The third kappa shape index (κ3) is 2.07. The van der Waals surface area contributed by atoms with Crippen molar-refractivity contribution >= 4 is 0 Å². The topological polar surface area (TPSA) is 42.5 Å². The van der Waals surface area contributed by atoms with Crippen LogP contribution in [-0.2, 0) is 9.47 Å². The summed E-state index contributed by atoms with van der Waals surface area (Å²) in [4.78, 5) is 0. The van der Waals surface area contributed by atoms with Gasteiger partial charge in [0.1, 0.15) is 19.0 Å². The highest BCUT2D eigenvalue weighted by Gasteiger charge is 2.50. The van der Waals surface area contributed by atoms with E-state index in [0.717, 1.165) is 31.2 Å². The molecule has 0 amide bonds. The van der Waals surface area contributed by atoms with Crippen LogP contribution >= 0.6 is 0 Å². The van der Waals surface area contributed by atoms with Crippen LogP contribution in [0.1, 0.15) is 27.2 Å². The lowest BCUT2D eigenvalue weighted by molar-refractivity contribution is 0.0444. The van der Waals surface area contributed by atoms with Crippen LogP contribution < -0.4 is 10.6 Å². The minimum absolute atomic E-state index is 0.0723. The van der Waals surface area contributed by atoms with E-state index in [0.29, 0.717) is 19.1 Å². The van der Waals surface area contributed by atoms with Crippen molar-refractivity contribution in [3.63, 3.8) is 0 Å². The predicted molar refractivity (Wildman–Crippen MR) is 74.4 cm³/mol. The first-order valence-corrected chi connectivity index (χ1v) is 7.16. The maximum Gasteiger partial charge on any atom is 0.156 e. The average molecular weight is 264 g/mol. The van der Waals surface area contributed by atoms with E-state index in [1.54, 1.807) is 0 Å². The van der Waals surface area contributed by atoms with Crippen LogP contribution in [0.2, 0.25) is 0 Å². The van der Waals surface area contributed by atoms with E-state index < -0.39 is 0 Å². The summed E-state index contributed by atoms with van der Waals surface area (Å²) < 4.78 is 11.4. The van der Waals surface area contributed by atoms with Gasteiger partial charge in [-0.3, -0.25) is 5.32 Å². The summed E-state index contributed by atoms with van der Waals surface area (Å²) in [6.45, 7) is 10.1. The molecule has 4 nitrogen and oxygen atoms in total. The smallest absolute Gasteiger partial charge is 0.156 e. The molecule has 0 aromatic carbocycles. The second-order valence-electron chi connectivity index (χ2n) is 6.66. The molecule has 106 valence electrons. The molecular weight excluding hydrogens is 240 g/mol. The fourth-order valence-corrected chi connectivity index (χ4v) is 3.47. The second-order valence-corrected chi connectivity index (χ2v) is 6.66. The largest absolute Gasteiger partial charge is 0.490 e. The molecule has 0 aromatic rings. The normalized spacial score (nSPS) is 34.8. The fraction of sp³-hybridized carbons (Fsp3) is 0.733. The van der Waals surface area contributed by atoms with Crippen LogP contribution in [0.15, 0.2) is 23.7 Å². The first kappa shape index (κ1) is 13.0. The molecule has 3 rings (SSSR count). The molecule has 0 aromatic heterocycles. The number of allylic oxidation sites excluding steroid dienone is 2. The Bertz CT molecular complexity index is 414. The molecule has 2 heterocycles. The van der Waals surface area contributed by atoms with Gasteiger partial charge in [0.2, 0.25) is 0 Å². The van der Waals surface area contributed by atoms with Gasteiger partial charge in [0.25, 0.3) is 0 Å². The van der Waals surface area contributed by atoms with Gasteiger partial charge in [0.05, 0.1) is 0 Å². The summed E-state index contributed by atoms with van der Waals surface area (Å²) in [7, 11) is 0. The Morgan fingerprint density at radius 3 is 2.74 bits per heavy atom. The zero-order chi connectivity index (χ0) is 13.5. The molecule has 0 bridgehead atoms. The number of ether oxygens (including phenoxy) is 2. The molecule has 1 aliphatic carbocycles. The maximum absolute atomic E-state index is 5.78. The fourth-order valence-electron chi connectivity index (χ4n) is 3.47. The van der Waals surface area contributed by atoms with Crippen LogP contribution in [0.5, 0.6) is 0 Å². The van der Waals surface area contributed by atoms with Crippen molar-refractivity contribution in [3.05, 3.63) is 23.7 Å². The molecule has 2 unspecified atom stereocenters. The lowest BCUT2D eigenvalue weighted by atomic mass is 9.64.